The van der Waals surface area contributed by atoms with Crippen LogP contribution in [0.25, 0.3) is 10.9 Å². The fraction of sp³-hybridized carbons (Fsp3) is 0.182. The van der Waals surface area contributed by atoms with Gasteiger partial charge in [-0.25, -0.2) is 0 Å². The maximum atomic E-state index is 5.90. The Hall–Kier alpha value is -1.97. The first-order valence-electron chi connectivity index (χ1n) is 4.77. The van der Waals surface area contributed by atoms with E-state index in [9.17, 15) is 0 Å². The van der Waals surface area contributed by atoms with Crippen LogP contribution in [0.2, 0.25) is 0 Å². The van der Waals surface area contributed by atoms with E-state index in [4.69, 9.17) is 5.73 Å². The molecule has 0 radical (unpaired) electrons. The number of rotatable bonds is 3. The molecule has 1 heterocycles. The molecule has 0 saturated carbocycles. The Balaban J connectivity index is 2.33. The molecule has 0 aliphatic heterocycles. The normalized spacial score (nSPS) is 10.5. The molecule has 0 aliphatic rings. The van der Waals surface area contributed by atoms with E-state index in [1.54, 1.807) is 6.20 Å². The molecule has 4 nitrogen and oxygen atoms in total. The Bertz CT molecular complexity index is 498. The van der Waals surface area contributed by atoms with E-state index in [0.29, 0.717) is 0 Å². The van der Waals surface area contributed by atoms with E-state index in [-0.39, 0.29) is 0 Å². The highest BCUT2D eigenvalue weighted by Crippen LogP contribution is 2.24. The molecule has 0 fully saturated rings. The summed E-state index contributed by atoms with van der Waals surface area (Å²) in [6.45, 7) is 6.52. The first-order chi connectivity index (χ1) is 7.16. The van der Waals surface area contributed by atoms with Crippen LogP contribution in [-0.4, -0.2) is 16.7 Å². The number of nitrogens with two attached hydrogens (primary N) is 1. The first-order valence-corrected chi connectivity index (χ1v) is 4.77. The summed E-state index contributed by atoms with van der Waals surface area (Å²) in [5.41, 5.74) is 9.59. The second-order valence-corrected chi connectivity index (χ2v) is 3.71. The number of anilines is 2. The van der Waals surface area contributed by atoms with Crippen molar-refractivity contribution >= 4 is 22.3 Å². The zero-order valence-corrected chi connectivity index (χ0v) is 8.67. The van der Waals surface area contributed by atoms with Crippen LogP contribution < -0.4 is 11.1 Å². The minimum atomic E-state index is 0.726. The van der Waals surface area contributed by atoms with Crippen LogP contribution in [-0.2, 0) is 0 Å². The van der Waals surface area contributed by atoms with Crippen LogP contribution in [0.15, 0.2) is 30.5 Å². The smallest absolute Gasteiger partial charge is 0.0672 e. The van der Waals surface area contributed by atoms with Gasteiger partial charge in [-0.2, -0.15) is 5.10 Å². The Morgan fingerprint density at radius 1 is 1.60 bits per heavy atom. The van der Waals surface area contributed by atoms with Gasteiger partial charge in [-0.05, 0) is 19.1 Å². The maximum Gasteiger partial charge on any atom is 0.0672 e. The van der Waals surface area contributed by atoms with Crippen molar-refractivity contribution in [3.05, 3.63) is 30.5 Å². The van der Waals surface area contributed by atoms with Gasteiger partial charge in [0.2, 0.25) is 0 Å². The molecule has 0 saturated heterocycles. The standard InChI is InChI=1S/C11H14N4/c1-7(2)5-13-11-4-10-8(3-9(11)12)6-14-15-10/h3-4,6,13H,1,5,12H2,2H3,(H,14,15). The van der Waals surface area contributed by atoms with Crippen molar-refractivity contribution < 1.29 is 0 Å². The van der Waals surface area contributed by atoms with Crippen LogP contribution in [0.3, 0.4) is 0 Å². The molecule has 2 rings (SSSR count). The number of fused-ring (bicyclic) bond motifs is 1. The van der Waals surface area contributed by atoms with Gasteiger partial charge in [0, 0.05) is 11.9 Å². The van der Waals surface area contributed by atoms with Crippen molar-refractivity contribution in [2.24, 2.45) is 0 Å². The van der Waals surface area contributed by atoms with E-state index < -0.39 is 0 Å². The number of hydrogen-bond acceptors (Lipinski definition) is 3. The zero-order valence-electron chi connectivity index (χ0n) is 8.67. The fourth-order valence-electron chi connectivity index (χ4n) is 1.41. The molecule has 78 valence electrons. The van der Waals surface area contributed by atoms with Gasteiger partial charge in [-0.1, -0.05) is 12.2 Å². The lowest BCUT2D eigenvalue weighted by Gasteiger charge is -2.08. The summed E-state index contributed by atoms with van der Waals surface area (Å²) in [5, 5.41) is 11.1. The highest BCUT2D eigenvalue weighted by Gasteiger charge is 2.02. The van der Waals surface area contributed by atoms with Gasteiger partial charge in [-0.15, -0.1) is 0 Å². The van der Waals surface area contributed by atoms with Gasteiger partial charge in [0.25, 0.3) is 0 Å². The predicted molar refractivity (Wildman–Crippen MR) is 63.8 cm³/mol. The van der Waals surface area contributed by atoms with Crippen LogP contribution >= 0.6 is 0 Å². The molecule has 0 amide bonds. The molecule has 4 N–H and O–H groups in total. The number of aromatic amines is 1. The van der Waals surface area contributed by atoms with Crippen molar-refractivity contribution in [1.82, 2.24) is 10.2 Å². The monoisotopic (exact) mass is 202 g/mol. The highest BCUT2D eigenvalue weighted by atomic mass is 15.1. The topological polar surface area (TPSA) is 66.7 Å². The van der Waals surface area contributed by atoms with Crippen LogP contribution in [0.5, 0.6) is 0 Å². The lowest BCUT2D eigenvalue weighted by molar-refractivity contribution is 1.12. The third kappa shape index (κ3) is 1.93. The molecule has 0 atom stereocenters. The average Bonchev–Trinajstić information content (AvgIpc) is 2.60. The second-order valence-electron chi connectivity index (χ2n) is 3.71. The number of benzene rings is 1. The summed E-state index contributed by atoms with van der Waals surface area (Å²) in [6.07, 6.45) is 1.76. The van der Waals surface area contributed by atoms with Crippen molar-refractivity contribution in [3.63, 3.8) is 0 Å². The Labute approximate surface area is 88.2 Å². The van der Waals surface area contributed by atoms with E-state index in [1.165, 1.54) is 0 Å². The van der Waals surface area contributed by atoms with Crippen molar-refractivity contribution in [1.29, 1.82) is 0 Å². The first kappa shape index (κ1) is 9.58. The molecule has 0 aliphatic carbocycles. The summed E-state index contributed by atoms with van der Waals surface area (Å²) in [7, 11) is 0. The molecule has 1 aromatic carbocycles. The average molecular weight is 202 g/mol. The SMILES string of the molecule is C=C(C)CNc1cc2[nH]ncc2cc1N. The van der Waals surface area contributed by atoms with E-state index >= 15 is 0 Å². The van der Waals surface area contributed by atoms with Crippen molar-refractivity contribution in [2.45, 2.75) is 6.92 Å². The third-order valence-electron chi connectivity index (χ3n) is 2.19. The summed E-state index contributed by atoms with van der Waals surface area (Å²) >= 11 is 0. The van der Waals surface area contributed by atoms with Gasteiger partial charge >= 0.3 is 0 Å². The fourth-order valence-corrected chi connectivity index (χ4v) is 1.41. The lowest BCUT2D eigenvalue weighted by Crippen LogP contribution is -2.04. The molecule has 0 unspecified atom stereocenters. The van der Waals surface area contributed by atoms with Gasteiger partial charge < -0.3 is 11.1 Å². The minimum absolute atomic E-state index is 0.726. The quantitative estimate of drug-likeness (QED) is 0.527. The Morgan fingerprint density at radius 3 is 3.13 bits per heavy atom. The largest absolute Gasteiger partial charge is 0.397 e. The summed E-state index contributed by atoms with van der Waals surface area (Å²) in [6, 6.07) is 3.86. The van der Waals surface area contributed by atoms with Crippen LogP contribution in [0.1, 0.15) is 6.92 Å². The number of aromatic nitrogens is 2. The van der Waals surface area contributed by atoms with Crippen molar-refractivity contribution in [2.75, 3.05) is 17.6 Å². The maximum absolute atomic E-state index is 5.90. The second kappa shape index (κ2) is 3.65. The van der Waals surface area contributed by atoms with E-state index in [0.717, 1.165) is 34.4 Å². The van der Waals surface area contributed by atoms with Gasteiger partial charge in [-0.3, -0.25) is 5.10 Å². The zero-order chi connectivity index (χ0) is 10.8. The molecule has 0 bridgehead atoms. The Kier molecular flexibility index (Phi) is 2.33. The predicted octanol–water partition coefficient (Wildman–Crippen LogP) is 2.13. The molecule has 0 spiro atoms. The molecular formula is C11H14N4. The molecular weight excluding hydrogens is 188 g/mol. The summed E-state index contributed by atoms with van der Waals surface area (Å²) in [4.78, 5) is 0. The number of nitrogen functional groups attached to an aromatic ring is 1. The highest BCUT2D eigenvalue weighted by molar-refractivity contribution is 5.88. The van der Waals surface area contributed by atoms with Gasteiger partial charge in [0.1, 0.15) is 0 Å². The van der Waals surface area contributed by atoms with Gasteiger partial charge in [0.15, 0.2) is 0 Å². The number of nitrogens with zero attached hydrogens (tertiary/aromatic N) is 1. The lowest BCUT2D eigenvalue weighted by atomic mass is 10.2. The Morgan fingerprint density at radius 2 is 2.40 bits per heavy atom. The number of hydrogen-bond donors (Lipinski definition) is 3. The number of H-pyrrole nitrogens is 1. The summed E-state index contributed by atoms with van der Waals surface area (Å²) < 4.78 is 0. The van der Waals surface area contributed by atoms with Crippen molar-refractivity contribution in [3.8, 4) is 0 Å². The molecule has 1 aromatic heterocycles. The minimum Gasteiger partial charge on any atom is -0.397 e. The molecule has 15 heavy (non-hydrogen) atoms. The van der Waals surface area contributed by atoms with E-state index in [1.807, 2.05) is 19.1 Å². The summed E-state index contributed by atoms with van der Waals surface area (Å²) in [5.74, 6) is 0. The molecule has 2 aromatic rings. The molecule has 4 heteroatoms. The number of nitrogens with one attached hydrogen (secondary N) is 2. The van der Waals surface area contributed by atoms with Gasteiger partial charge in [0.05, 0.1) is 23.1 Å². The van der Waals surface area contributed by atoms with Crippen LogP contribution in [0.4, 0.5) is 11.4 Å². The van der Waals surface area contributed by atoms with E-state index in [2.05, 4.69) is 22.1 Å². The van der Waals surface area contributed by atoms with Crippen LogP contribution in [0, 0.1) is 0 Å². The third-order valence-corrected chi connectivity index (χ3v) is 2.19.